The SMILES string of the molecule is CCC[CH2][Sn]([CH2]CCC)[CH2]CCC.O=S(=O)(F)c1cc(Cl)c(O)c(Cl)c1. The Bertz CT molecular complexity index is 585. The molecule has 3 nitrogen and oxygen atoms in total. The molecule has 0 atom stereocenters. The van der Waals surface area contributed by atoms with Crippen LogP contribution in [0.3, 0.4) is 0 Å². The number of phenolic OH excluding ortho intramolecular Hbond substituents is 1. The first-order chi connectivity index (χ1) is 12.2. The first kappa shape index (κ1) is 26.3. The zero-order chi connectivity index (χ0) is 20.2. The van der Waals surface area contributed by atoms with Gasteiger partial charge < -0.3 is 5.11 Å². The van der Waals surface area contributed by atoms with Gasteiger partial charge in [-0.3, -0.25) is 0 Å². The maximum Gasteiger partial charge on any atom is 0.332 e. The summed E-state index contributed by atoms with van der Waals surface area (Å²) in [6.45, 7) is 7.00. The van der Waals surface area contributed by atoms with Gasteiger partial charge in [0.25, 0.3) is 0 Å². The van der Waals surface area contributed by atoms with Gasteiger partial charge in [-0.1, -0.05) is 23.2 Å². The van der Waals surface area contributed by atoms with Crippen molar-refractivity contribution in [1.82, 2.24) is 0 Å². The van der Waals surface area contributed by atoms with Gasteiger partial charge >= 0.3 is 103 Å². The van der Waals surface area contributed by atoms with E-state index >= 15 is 0 Å². The van der Waals surface area contributed by atoms with Crippen molar-refractivity contribution >= 4 is 53.2 Å². The maximum absolute atomic E-state index is 12.4. The summed E-state index contributed by atoms with van der Waals surface area (Å²) in [5.41, 5.74) is 0. The molecule has 0 heterocycles. The van der Waals surface area contributed by atoms with Gasteiger partial charge in [0.05, 0.1) is 10.0 Å². The van der Waals surface area contributed by atoms with Crippen molar-refractivity contribution in [2.45, 2.75) is 77.5 Å². The van der Waals surface area contributed by atoms with Crippen LogP contribution in [-0.2, 0) is 10.2 Å². The molecule has 0 unspecified atom stereocenters. The molecule has 0 spiro atoms. The molecule has 0 aliphatic carbocycles. The molecule has 26 heavy (non-hydrogen) atoms. The van der Waals surface area contributed by atoms with Crippen molar-refractivity contribution in [3.8, 4) is 5.75 Å². The van der Waals surface area contributed by atoms with Crippen molar-refractivity contribution in [2.24, 2.45) is 0 Å². The molecule has 1 radical (unpaired) electrons. The Labute approximate surface area is 175 Å². The molecule has 1 aromatic carbocycles. The van der Waals surface area contributed by atoms with Gasteiger partial charge in [-0.2, -0.15) is 8.42 Å². The van der Waals surface area contributed by atoms with Crippen LogP contribution in [0.4, 0.5) is 3.89 Å². The second kappa shape index (κ2) is 14.3. The molecule has 0 aliphatic heterocycles. The topological polar surface area (TPSA) is 54.4 Å². The van der Waals surface area contributed by atoms with E-state index in [1.807, 2.05) is 0 Å². The molecule has 151 valence electrons. The molecule has 8 heteroatoms. The van der Waals surface area contributed by atoms with E-state index in [2.05, 4.69) is 20.8 Å². The van der Waals surface area contributed by atoms with Crippen LogP contribution in [0.2, 0.25) is 23.4 Å². The quantitative estimate of drug-likeness (QED) is 0.254. The molecule has 0 saturated carbocycles. The first-order valence-corrected chi connectivity index (χ1v) is 17.3. The fourth-order valence-corrected chi connectivity index (χ4v) is 12.9. The van der Waals surface area contributed by atoms with E-state index in [4.69, 9.17) is 28.3 Å². The summed E-state index contributed by atoms with van der Waals surface area (Å²) in [6, 6.07) is 1.55. The van der Waals surface area contributed by atoms with Crippen LogP contribution in [-0.4, -0.2) is 33.3 Å². The molecular weight excluding hydrogens is 505 g/mol. The van der Waals surface area contributed by atoms with E-state index in [0.29, 0.717) is 0 Å². The minimum atomic E-state index is -4.84. The monoisotopic (exact) mass is 535 g/mol. The van der Waals surface area contributed by atoms with Gasteiger partial charge in [0, 0.05) is 0 Å². The zero-order valence-electron chi connectivity index (χ0n) is 15.8. The largest absolute Gasteiger partial charge is 0.505 e. The molecule has 0 amide bonds. The third-order valence-electron chi connectivity index (χ3n) is 3.92. The molecule has 0 fully saturated rings. The number of rotatable bonds is 10. The van der Waals surface area contributed by atoms with Crippen LogP contribution < -0.4 is 0 Å². The molecule has 0 saturated heterocycles. The predicted octanol–water partition coefficient (Wildman–Crippen LogP) is 7.24. The second-order valence-electron chi connectivity index (χ2n) is 6.23. The number of hydrogen-bond acceptors (Lipinski definition) is 3. The second-order valence-corrected chi connectivity index (χ2v) is 17.0. The van der Waals surface area contributed by atoms with Crippen LogP contribution in [0.15, 0.2) is 17.0 Å². The van der Waals surface area contributed by atoms with Crippen LogP contribution in [0, 0.1) is 0 Å². The van der Waals surface area contributed by atoms with Crippen LogP contribution in [0.5, 0.6) is 5.75 Å². The van der Waals surface area contributed by atoms with E-state index in [9.17, 15) is 12.3 Å². The summed E-state index contributed by atoms with van der Waals surface area (Å²) in [6.07, 6.45) is 8.85. The van der Waals surface area contributed by atoms with Crippen molar-refractivity contribution < 1.29 is 17.4 Å². The number of aromatic hydroxyl groups is 1. The fraction of sp³-hybridized carbons (Fsp3) is 0.667. The van der Waals surface area contributed by atoms with Gasteiger partial charge in [0.1, 0.15) is 4.90 Å². The number of phenols is 1. The average Bonchev–Trinajstić information content (AvgIpc) is 2.58. The van der Waals surface area contributed by atoms with Gasteiger partial charge in [-0.05, 0) is 12.1 Å². The molecular formula is C18H30Cl2FO3SSn. The van der Waals surface area contributed by atoms with E-state index in [1.54, 1.807) is 13.3 Å². The van der Waals surface area contributed by atoms with Gasteiger partial charge in [-0.15, -0.1) is 3.89 Å². The Kier molecular flexibility index (Phi) is 14.5. The number of hydrogen-bond donors (Lipinski definition) is 1. The third kappa shape index (κ3) is 11.2. The summed E-state index contributed by atoms with van der Waals surface area (Å²) in [5.74, 6) is -0.476. The zero-order valence-corrected chi connectivity index (χ0v) is 21.0. The van der Waals surface area contributed by atoms with Crippen LogP contribution >= 0.6 is 23.2 Å². The third-order valence-corrected chi connectivity index (χ3v) is 14.4. The van der Waals surface area contributed by atoms with Gasteiger partial charge in [0.15, 0.2) is 5.75 Å². The summed E-state index contributed by atoms with van der Waals surface area (Å²) in [4.78, 5) is -0.680. The molecule has 0 aromatic heterocycles. The smallest absolute Gasteiger partial charge is 0.332 e. The summed E-state index contributed by atoms with van der Waals surface area (Å²) < 4.78 is 38.2. The Morgan fingerprint density at radius 2 is 1.27 bits per heavy atom. The Morgan fingerprint density at radius 1 is 0.923 bits per heavy atom. The van der Waals surface area contributed by atoms with Crippen molar-refractivity contribution in [1.29, 1.82) is 0 Å². The Hall–Kier alpha value is 0.279. The van der Waals surface area contributed by atoms with E-state index in [1.165, 1.54) is 38.5 Å². The number of benzene rings is 1. The Morgan fingerprint density at radius 3 is 1.54 bits per heavy atom. The van der Waals surface area contributed by atoms with E-state index in [0.717, 1.165) is 12.1 Å². The van der Waals surface area contributed by atoms with Gasteiger partial charge in [-0.25, -0.2) is 0 Å². The van der Waals surface area contributed by atoms with Crippen LogP contribution in [0.25, 0.3) is 0 Å². The molecule has 1 rings (SSSR count). The molecule has 1 aromatic rings. The van der Waals surface area contributed by atoms with Crippen LogP contribution in [0.1, 0.15) is 59.3 Å². The standard InChI is InChI=1S/C6H3Cl2FO3S.3C4H9.Sn/c7-4-1-3(13(9,11)12)2-5(8)6(4)10;3*1-3-4-2;/h1-2,10H;3*1,3-4H2,2H3;. The number of halogens is 3. The van der Waals surface area contributed by atoms with Crippen molar-refractivity contribution in [3.05, 3.63) is 22.2 Å². The minimum Gasteiger partial charge on any atom is -0.505 e. The molecule has 1 N–H and O–H groups in total. The van der Waals surface area contributed by atoms with Gasteiger partial charge in [0.2, 0.25) is 0 Å². The molecule has 0 bridgehead atoms. The average molecular weight is 535 g/mol. The van der Waals surface area contributed by atoms with Crippen molar-refractivity contribution in [2.75, 3.05) is 0 Å². The van der Waals surface area contributed by atoms with Crippen molar-refractivity contribution in [3.63, 3.8) is 0 Å². The van der Waals surface area contributed by atoms with E-state index in [-0.39, 0.29) is 10.0 Å². The summed E-state index contributed by atoms with van der Waals surface area (Å²) >= 11 is 9.88. The normalized spacial score (nSPS) is 11.3. The predicted molar refractivity (Wildman–Crippen MR) is 111 cm³/mol. The fourth-order valence-electron chi connectivity index (χ4n) is 2.34. The minimum absolute atomic E-state index is 0.316. The Balaban J connectivity index is 0.000000481. The van der Waals surface area contributed by atoms with E-state index < -0.39 is 40.6 Å². The summed E-state index contributed by atoms with van der Waals surface area (Å²) in [7, 11) is -4.84. The maximum atomic E-state index is 12.4. The first-order valence-electron chi connectivity index (χ1n) is 9.13. The molecule has 0 aliphatic rings. The number of unbranched alkanes of at least 4 members (excludes halogenated alkanes) is 3. The summed E-state index contributed by atoms with van der Waals surface area (Å²) in [5, 5.41) is 8.38.